The van der Waals surface area contributed by atoms with E-state index in [1.54, 1.807) is 0 Å². The molecule has 0 N–H and O–H groups in total. The van der Waals surface area contributed by atoms with Gasteiger partial charge in [0.15, 0.2) is 0 Å². The van der Waals surface area contributed by atoms with Gasteiger partial charge in [-0.15, -0.1) is 0 Å². The number of rotatable bonds is 1. The van der Waals surface area contributed by atoms with Crippen molar-refractivity contribution in [2.75, 3.05) is 6.61 Å². The molecule has 1 aliphatic heterocycles. The first kappa shape index (κ1) is 11.2. The molecule has 1 amide bonds. The van der Waals surface area contributed by atoms with E-state index in [2.05, 4.69) is 0 Å². The van der Waals surface area contributed by atoms with Crippen molar-refractivity contribution in [3.05, 3.63) is 11.6 Å². The highest BCUT2D eigenvalue weighted by atomic mass is 16.5. The predicted octanol–water partition coefficient (Wildman–Crippen LogP) is 1.94. The van der Waals surface area contributed by atoms with E-state index in [-0.39, 0.29) is 11.9 Å². The Bertz CT molecular complexity index is 268. The molecule has 0 unspecified atom stereocenters. The lowest BCUT2D eigenvalue weighted by Gasteiger charge is -2.32. The number of ether oxygens (including phenoxy) is 1. The third-order valence-electron chi connectivity index (χ3n) is 2.69. The summed E-state index contributed by atoms with van der Waals surface area (Å²) in [6, 6.07) is 0.160. The van der Waals surface area contributed by atoms with Gasteiger partial charge in [-0.3, -0.25) is 4.79 Å². The molecule has 0 aromatic heterocycles. The smallest absolute Gasteiger partial charge is 0.251 e. The summed E-state index contributed by atoms with van der Waals surface area (Å²) in [5.41, 5.74) is 0.302. The fourth-order valence-electron chi connectivity index (χ4n) is 1.76. The van der Waals surface area contributed by atoms with Crippen LogP contribution >= 0.6 is 0 Å². The molecule has 1 aliphatic rings. The maximum atomic E-state index is 12.0. The topological polar surface area (TPSA) is 29.5 Å². The normalized spacial score (nSPS) is 26.8. The van der Waals surface area contributed by atoms with Crippen LogP contribution in [0.2, 0.25) is 0 Å². The molecule has 3 heteroatoms. The van der Waals surface area contributed by atoms with Gasteiger partial charge in [0, 0.05) is 5.57 Å². The molecule has 0 spiro atoms. The van der Waals surface area contributed by atoms with Crippen LogP contribution in [0.25, 0.3) is 0 Å². The molecule has 14 heavy (non-hydrogen) atoms. The number of amides is 1. The molecular formula is C11H19NO2. The van der Waals surface area contributed by atoms with E-state index < -0.39 is 5.72 Å². The first-order valence-electron chi connectivity index (χ1n) is 5.00. The van der Waals surface area contributed by atoms with Gasteiger partial charge in [0.2, 0.25) is 0 Å². The minimum absolute atomic E-state index is 0.0718. The van der Waals surface area contributed by atoms with E-state index in [9.17, 15) is 4.79 Å². The Hall–Kier alpha value is -0.830. The van der Waals surface area contributed by atoms with E-state index in [1.165, 1.54) is 0 Å². The maximum absolute atomic E-state index is 12.0. The van der Waals surface area contributed by atoms with Crippen LogP contribution in [0.15, 0.2) is 11.6 Å². The summed E-state index contributed by atoms with van der Waals surface area (Å²) in [5.74, 6) is 0.0718. The third kappa shape index (κ3) is 1.82. The number of nitrogens with zero attached hydrogens (tertiary/aromatic N) is 1. The second-order valence-electron chi connectivity index (χ2n) is 4.25. The van der Waals surface area contributed by atoms with E-state index in [0.717, 1.165) is 5.57 Å². The molecule has 1 fully saturated rings. The predicted molar refractivity (Wildman–Crippen MR) is 55.8 cm³/mol. The molecule has 1 heterocycles. The van der Waals surface area contributed by atoms with E-state index in [1.807, 2.05) is 45.6 Å². The highest BCUT2D eigenvalue weighted by Gasteiger charge is 2.41. The third-order valence-corrected chi connectivity index (χ3v) is 2.69. The van der Waals surface area contributed by atoms with Crippen LogP contribution in [-0.4, -0.2) is 29.2 Å². The summed E-state index contributed by atoms with van der Waals surface area (Å²) in [5, 5.41) is 0. The Balaban J connectivity index is 2.90. The van der Waals surface area contributed by atoms with Crippen LogP contribution in [0.5, 0.6) is 0 Å². The molecular weight excluding hydrogens is 178 g/mol. The van der Waals surface area contributed by atoms with Gasteiger partial charge in [-0.05, 0) is 34.6 Å². The Morgan fingerprint density at radius 3 is 2.50 bits per heavy atom. The number of hydrogen-bond acceptors (Lipinski definition) is 2. The van der Waals surface area contributed by atoms with Crippen molar-refractivity contribution >= 4 is 5.91 Å². The summed E-state index contributed by atoms with van der Waals surface area (Å²) < 4.78 is 5.56. The lowest BCUT2D eigenvalue weighted by Crippen LogP contribution is -2.47. The van der Waals surface area contributed by atoms with Crippen LogP contribution in [0.3, 0.4) is 0 Å². The van der Waals surface area contributed by atoms with Gasteiger partial charge in [-0.1, -0.05) is 6.08 Å². The lowest BCUT2D eigenvalue weighted by atomic mass is 10.1. The zero-order valence-corrected chi connectivity index (χ0v) is 9.63. The van der Waals surface area contributed by atoms with Gasteiger partial charge < -0.3 is 9.64 Å². The van der Waals surface area contributed by atoms with Gasteiger partial charge in [-0.2, -0.15) is 0 Å². The number of carbonyl (C=O) groups is 1. The number of allylic oxidation sites excluding steroid dienone is 1. The van der Waals surface area contributed by atoms with Crippen LogP contribution in [0.4, 0.5) is 0 Å². The van der Waals surface area contributed by atoms with Crippen LogP contribution in [0, 0.1) is 0 Å². The van der Waals surface area contributed by atoms with Crippen molar-refractivity contribution in [2.45, 2.75) is 46.4 Å². The molecule has 0 radical (unpaired) electrons. The summed E-state index contributed by atoms with van der Waals surface area (Å²) in [4.78, 5) is 13.8. The Kier molecular flexibility index (Phi) is 3.00. The SMILES string of the molecule is C/C=C(\C)C(=O)N1[C@@H](C)COC1(C)C. The van der Waals surface area contributed by atoms with Crippen molar-refractivity contribution in [1.82, 2.24) is 4.90 Å². The molecule has 1 rings (SSSR count). The van der Waals surface area contributed by atoms with E-state index >= 15 is 0 Å². The monoisotopic (exact) mass is 197 g/mol. The quantitative estimate of drug-likeness (QED) is 0.601. The van der Waals surface area contributed by atoms with Crippen molar-refractivity contribution in [3.8, 4) is 0 Å². The van der Waals surface area contributed by atoms with Gasteiger partial charge in [0.1, 0.15) is 5.72 Å². The summed E-state index contributed by atoms with van der Waals surface area (Å²) in [7, 11) is 0. The molecule has 0 bridgehead atoms. The fourth-order valence-corrected chi connectivity index (χ4v) is 1.76. The van der Waals surface area contributed by atoms with Crippen molar-refractivity contribution in [3.63, 3.8) is 0 Å². The number of carbonyl (C=O) groups excluding carboxylic acids is 1. The van der Waals surface area contributed by atoms with Crippen LogP contribution in [-0.2, 0) is 9.53 Å². The highest BCUT2D eigenvalue weighted by Crippen LogP contribution is 2.28. The maximum Gasteiger partial charge on any atom is 0.251 e. The second-order valence-corrected chi connectivity index (χ2v) is 4.25. The van der Waals surface area contributed by atoms with Gasteiger partial charge in [-0.25, -0.2) is 0 Å². The minimum Gasteiger partial charge on any atom is -0.354 e. The molecule has 0 aromatic rings. The Morgan fingerprint density at radius 2 is 2.14 bits per heavy atom. The largest absolute Gasteiger partial charge is 0.354 e. The van der Waals surface area contributed by atoms with Gasteiger partial charge in [0.25, 0.3) is 5.91 Å². The van der Waals surface area contributed by atoms with Crippen molar-refractivity contribution in [2.24, 2.45) is 0 Å². The Morgan fingerprint density at radius 1 is 1.57 bits per heavy atom. The lowest BCUT2D eigenvalue weighted by molar-refractivity contribution is -0.141. The Labute approximate surface area is 85.7 Å². The van der Waals surface area contributed by atoms with Crippen molar-refractivity contribution < 1.29 is 9.53 Å². The fraction of sp³-hybridized carbons (Fsp3) is 0.727. The molecule has 1 atom stereocenters. The average molecular weight is 197 g/mol. The molecule has 80 valence electrons. The first-order valence-corrected chi connectivity index (χ1v) is 5.00. The molecule has 3 nitrogen and oxygen atoms in total. The zero-order chi connectivity index (χ0) is 10.9. The van der Waals surface area contributed by atoms with Gasteiger partial charge >= 0.3 is 0 Å². The second kappa shape index (κ2) is 3.73. The van der Waals surface area contributed by atoms with Gasteiger partial charge in [0.05, 0.1) is 12.6 Å². The average Bonchev–Trinajstić information content (AvgIpc) is 2.38. The summed E-state index contributed by atoms with van der Waals surface area (Å²) in [6.07, 6.45) is 1.84. The summed E-state index contributed by atoms with van der Waals surface area (Å²) in [6.45, 7) is 10.2. The molecule has 0 saturated carbocycles. The highest BCUT2D eigenvalue weighted by molar-refractivity contribution is 5.93. The van der Waals surface area contributed by atoms with E-state index in [4.69, 9.17) is 4.74 Å². The van der Waals surface area contributed by atoms with Crippen molar-refractivity contribution in [1.29, 1.82) is 0 Å². The van der Waals surface area contributed by atoms with Crippen LogP contribution < -0.4 is 0 Å². The molecule has 1 saturated heterocycles. The molecule has 0 aliphatic carbocycles. The van der Waals surface area contributed by atoms with E-state index in [0.29, 0.717) is 6.61 Å². The first-order chi connectivity index (χ1) is 6.40. The number of hydrogen-bond donors (Lipinski definition) is 0. The standard InChI is InChI=1S/C11H19NO2/c1-6-8(2)10(13)12-9(3)7-14-11(12,4)5/h6,9H,7H2,1-5H3/b8-6+/t9-/m0/s1. The molecule has 0 aromatic carbocycles. The summed E-state index contributed by atoms with van der Waals surface area (Å²) >= 11 is 0. The minimum atomic E-state index is -0.471. The van der Waals surface area contributed by atoms with Crippen LogP contribution in [0.1, 0.15) is 34.6 Å². The zero-order valence-electron chi connectivity index (χ0n) is 9.63.